The number of benzene rings is 2. The number of nitrogens with one attached hydrogen (secondary N) is 1. The van der Waals surface area contributed by atoms with Gasteiger partial charge in [-0.3, -0.25) is 0 Å². The molecule has 0 unspecified atom stereocenters. The molecule has 1 N–H and O–H groups in total. The van der Waals surface area contributed by atoms with Crippen LogP contribution in [-0.2, 0) is 13.2 Å². The lowest BCUT2D eigenvalue weighted by atomic mass is 10.1. The smallest absolute Gasteiger partial charge is 0.166 e. The third kappa shape index (κ3) is 4.88. The number of para-hydroxylation sites is 1. The van der Waals surface area contributed by atoms with Gasteiger partial charge in [0.1, 0.15) is 6.61 Å². The first-order valence-corrected chi connectivity index (χ1v) is 7.84. The summed E-state index contributed by atoms with van der Waals surface area (Å²) in [4.78, 5) is 0. The maximum atomic E-state index is 6.07. The molecule has 0 aliphatic heterocycles. The van der Waals surface area contributed by atoms with Gasteiger partial charge in [0.15, 0.2) is 11.5 Å². The van der Waals surface area contributed by atoms with Crippen molar-refractivity contribution >= 4 is 12.4 Å². The van der Waals surface area contributed by atoms with Gasteiger partial charge in [0.05, 0.1) is 7.11 Å². The van der Waals surface area contributed by atoms with Crippen molar-refractivity contribution in [2.45, 2.75) is 39.0 Å². The Labute approximate surface area is 144 Å². The Bertz CT molecular complexity index is 624. The molecule has 0 aromatic heterocycles. The first-order valence-electron chi connectivity index (χ1n) is 7.84. The van der Waals surface area contributed by atoms with Gasteiger partial charge in [0.2, 0.25) is 0 Å². The predicted octanol–water partition coefficient (Wildman–Crippen LogP) is 4.26. The molecular weight excluding hydrogens is 310 g/mol. The quantitative estimate of drug-likeness (QED) is 0.821. The molecule has 1 aliphatic carbocycles. The summed E-state index contributed by atoms with van der Waals surface area (Å²) in [6.07, 6.45) is 2.56. The molecule has 23 heavy (non-hydrogen) atoms. The normalized spacial score (nSPS) is 13.3. The molecule has 3 rings (SSSR count). The summed E-state index contributed by atoms with van der Waals surface area (Å²) in [5.74, 6) is 1.64. The number of halogens is 1. The largest absolute Gasteiger partial charge is 0.493 e. The monoisotopic (exact) mass is 333 g/mol. The van der Waals surface area contributed by atoms with Crippen molar-refractivity contribution in [1.82, 2.24) is 5.32 Å². The van der Waals surface area contributed by atoms with E-state index in [1.807, 2.05) is 12.1 Å². The van der Waals surface area contributed by atoms with E-state index in [2.05, 4.69) is 42.6 Å². The van der Waals surface area contributed by atoms with E-state index in [0.29, 0.717) is 12.6 Å². The number of rotatable bonds is 7. The minimum Gasteiger partial charge on any atom is -0.493 e. The van der Waals surface area contributed by atoms with E-state index in [9.17, 15) is 0 Å². The van der Waals surface area contributed by atoms with E-state index in [1.165, 1.54) is 18.4 Å². The Morgan fingerprint density at radius 3 is 2.48 bits per heavy atom. The number of hydrogen-bond donors (Lipinski definition) is 1. The average Bonchev–Trinajstić information content (AvgIpc) is 3.37. The van der Waals surface area contributed by atoms with Crippen LogP contribution in [0.15, 0.2) is 42.5 Å². The molecule has 3 nitrogen and oxygen atoms in total. The number of ether oxygens (including phenoxy) is 2. The van der Waals surface area contributed by atoms with Crippen LogP contribution in [0.25, 0.3) is 0 Å². The maximum absolute atomic E-state index is 6.07. The maximum Gasteiger partial charge on any atom is 0.166 e. The molecule has 0 heterocycles. The third-order valence-corrected chi connectivity index (χ3v) is 3.94. The van der Waals surface area contributed by atoms with E-state index >= 15 is 0 Å². The molecular formula is C19H24ClNO2. The topological polar surface area (TPSA) is 30.5 Å². The molecule has 1 saturated carbocycles. The van der Waals surface area contributed by atoms with Crippen LogP contribution in [0, 0.1) is 6.92 Å². The number of hydrogen-bond acceptors (Lipinski definition) is 3. The highest BCUT2D eigenvalue weighted by atomic mass is 35.5. The Morgan fingerprint density at radius 2 is 1.83 bits per heavy atom. The lowest BCUT2D eigenvalue weighted by Gasteiger charge is -2.15. The highest BCUT2D eigenvalue weighted by Crippen LogP contribution is 2.32. The fraction of sp³-hybridized carbons (Fsp3) is 0.368. The SMILES string of the molecule is COc1cccc(CNC2CC2)c1OCc1ccc(C)cc1.Cl. The van der Waals surface area contributed by atoms with Gasteiger partial charge >= 0.3 is 0 Å². The van der Waals surface area contributed by atoms with Crippen LogP contribution in [0.4, 0.5) is 0 Å². The molecule has 0 spiro atoms. The molecule has 2 aromatic carbocycles. The lowest BCUT2D eigenvalue weighted by Crippen LogP contribution is -2.16. The van der Waals surface area contributed by atoms with Crippen LogP contribution in [0.5, 0.6) is 11.5 Å². The second-order valence-corrected chi connectivity index (χ2v) is 5.88. The van der Waals surface area contributed by atoms with Gasteiger partial charge in [0.25, 0.3) is 0 Å². The van der Waals surface area contributed by atoms with Crippen LogP contribution < -0.4 is 14.8 Å². The molecule has 0 radical (unpaired) electrons. The molecule has 1 aliphatic rings. The third-order valence-electron chi connectivity index (χ3n) is 3.94. The zero-order valence-electron chi connectivity index (χ0n) is 13.7. The number of methoxy groups -OCH3 is 1. The molecule has 0 bridgehead atoms. The molecule has 0 atom stereocenters. The summed E-state index contributed by atoms with van der Waals surface area (Å²) in [6, 6.07) is 15.2. The van der Waals surface area contributed by atoms with Crippen molar-refractivity contribution in [3.63, 3.8) is 0 Å². The lowest BCUT2D eigenvalue weighted by molar-refractivity contribution is 0.280. The average molecular weight is 334 g/mol. The Balaban J connectivity index is 0.00000192. The minimum atomic E-state index is 0. The zero-order chi connectivity index (χ0) is 15.4. The van der Waals surface area contributed by atoms with Gasteiger partial charge < -0.3 is 14.8 Å². The highest BCUT2D eigenvalue weighted by molar-refractivity contribution is 5.85. The highest BCUT2D eigenvalue weighted by Gasteiger charge is 2.21. The molecule has 4 heteroatoms. The second kappa shape index (κ2) is 8.23. The Kier molecular flexibility index (Phi) is 6.31. The van der Waals surface area contributed by atoms with E-state index in [1.54, 1.807) is 7.11 Å². The van der Waals surface area contributed by atoms with Crippen molar-refractivity contribution in [2.24, 2.45) is 0 Å². The summed E-state index contributed by atoms with van der Waals surface area (Å²) < 4.78 is 11.5. The van der Waals surface area contributed by atoms with Crippen LogP contribution in [0.2, 0.25) is 0 Å². The summed E-state index contributed by atoms with van der Waals surface area (Å²) in [5, 5.41) is 3.53. The van der Waals surface area contributed by atoms with Crippen molar-refractivity contribution in [1.29, 1.82) is 0 Å². The predicted molar refractivity (Wildman–Crippen MR) is 95.6 cm³/mol. The Hall–Kier alpha value is -1.71. The van der Waals surface area contributed by atoms with Gasteiger partial charge in [0, 0.05) is 18.2 Å². The summed E-state index contributed by atoms with van der Waals surface area (Å²) in [5.41, 5.74) is 3.58. The Morgan fingerprint density at radius 1 is 1.09 bits per heavy atom. The zero-order valence-corrected chi connectivity index (χ0v) is 14.5. The van der Waals surface area contributed by atoms with Crippen molar-refractivity contribution < 1.29 is 9.47 Å². The van der Waals surface area contributed by atoms with Crippen LogP contribution >= 0.6 is 12.4 Å². The van der Waals surface area contributed by atoms with Crippen molar-refractivity contribution in [3.8, 4) is 11.5 Å². The summed E-state index contributed by atoms with van der Waals surface area (Å²) >= 11 is 0. The van der Waals surface area contributed by atoms with Crippen LogP contribution in [0.3, 0.4) is 0 Å². The van der Waals surface area contributed by atoms with Crippen LogP contribution in [-0.4, -0.2) is 13.2 Å². The molecule has 1 fully saturated rings. The van der Waals surface area contributed by atoms with Gasteiger partial charge in [-0.1, -0.05) is 42.0 Å². The van der Waals surface area contributed by atoms with E-state index in [-0.39, 0.29) is 12.4 Å². The fourth-order valence-corrected chi connectivity index (χ4v) is 2.41. The van der Waals surface area contributed by atoms with Crippen LogP contribution in [0.1, 0.15) is 29.5 Å². The van der Waals surface area contributed by atoms with E-state index in [4.69, 9.17) is 9.47 Å². The van der Waals surface area contributed by atoms with Gasteiger partial charge in [-0.25, -0.2) is 0 Å². The standard InChI is InChI=1S/C19H23NO2.ClH/c1-14-6-8-15(9-7-14)13-22-19-16(12-20-17-10-11-17)4-3-5-18(19)21-2;/h3-9,17,20H,10-13H2,1-2H3;1H. The summed E-state index contributed by atoms with van der Waals surface area (Å²) in [7, 11) is 1.69. The number of aryl methyl sites for hydroxylation is 1. The van der Waals surface area contributed by atoms with Crippen molar-refractivity contribution in [3.05, 3.63) is 59.2 Å². The van der Waals surface area contributed by atoms with E-state index in [0.717, 1.165) is 29.2 Å². The van der Waals surface area contributed by atoms with Crippen molar-refractivity contribution in [2.75, 3.05) is 7.11 Å². The molecule has 0 amide bonds. The first kappa shape index (κ1) is 17.6. The first-order chi connectivity index (χ1) is 10.8. The van der Waals surface area contributed by atoms with Gasteiger partial charge in [-0.2, -0.15) is 0 Å². The molecule has 2 aromatic rings. The summed E-state index contributed by atoms with van der Waals surface area (Å²) in [6.45, 7) is 3.47. The second-order valence-electron chi connectivity index (χ2n) is 5.88. The minimum absolute atomic E-state index is 0. The van der Waals surface area contributed by atoms with Gasteiger partial charge in [-0.15, -0.1) is 12.4 Å². The van der Waals surface area contributed by atoms with Gasteiger partial charge in [-0.05, 0) is 31.4 Å². The molecule has 0 saturated heterocycles. The van der Waals surface area contributed by atoms with E-state index < -0.39 is 0 Å². The fourth-order valence-electron chi connectivity index (χ4n) is 2.41. The molecule has 124 valence electrons.